The number of carbonyl (C=O) groups is 1. The fourth-order valence-electron chi connectivity index (χ4n) is 1.83. The monoisotopic (exact) mass is 264 g/mol. The molecule has 1 atom stereocenters. The molecule has 0 bridgehead atoms. The summed E-state index contributed by atoms with van der Waals surface area (Å²) >= 11 is 0. The van der Waals surface area contributed by atoms with E-state index >= 15 is 0 Å². The van der Waals surface area contributed by atoms with Crippen molar-refractivity contribution < 1.29 is 14.3 Å². The number of fused-ring (bicyclic) bond motifs is 1. The Morgan fingerprint density at radius 2 is 1.89 bits per heavy atom. The van der Waals surface area contributed by atoms with Crippen molar-refractivity contribution in [2.75, 3.05) is 5.32 Å². The van der Waals surface area contributed by atoms with Gasteiger partial charge in [0.05, 0.1) is 6.04 Å². The maximum Gasteiger partial charge on any atom is 0.246 e. The highest BCUT2D eigenvalue weighted by Gasteiger charge is 2.31. The van der Waals surface area contributed by atoms with Crippen molar-refractivity contribution in [3.63, 3.8) is 0 Å². The Labute approximate surface area is 113 Å². The fraction of sp³-hybridized carbons (Fsp3) is 0.500. The maximum absolute atomic E-state index is 11.9. The molecule has 1 unspecified atom stereocenters. The van der Waals surface area contributed by atoms with Gasteiger partial charge in [-0.3, -0.25) is 4.79 Å². The van der Waals surface area contributed by atoms with Gasteiger partial charge in [-0.25, -0.2) is 0 Å². The molecule has 2 rings (SSSR count). The molecule has 0 radical (unpaired) electrons. The Balaban J connectivity index is 2.11. The number of rotatable bonds is 3. The molecule has 0 saturated heterocycles. The number of nitrogens with one attached hydrogen (secondary N) is 1. The third-order valence-corrected chi connectivity index (χ3v) is 2.94. The number of anilines is 1. The van der Waals surface area contributed by atoms with E-state index in [-0.39, 0.29) is 11.8 Å². The van der Waals surface area contributed by atoms with E-state index in [2.05, 4.69) is 5.32 Å². The highest BCUT2D eigenvalue weighted by Crippen LogP contribution is 2.40. The van der Waals surface area contributed by atoms with Crippen LogP contribution >= 0.6 is 0 Å². The van der Waals surface area contributed by atoms with Gasteiger partial charge in [-0.1, -0.05) is 13.8 Å². The number of hydrogen-bond acceptors (Lipinski definition) is 4. The molecule has 1 amide bonds. The highest BCUT2D eigenvalue weighted by atomic mass is 16.7. The fourth-order valence-corrected chi connectivity index (χ4v) is 1.83. The van der Waals surface area contributed by atoms with Gasteiger partial charge in [-0.2, -0.15) is 0 Å². The third kappa shape index (κ3) is 2.98. The van der Waals surface area contributed by atoms with Crippen LogP contribution in [0.4, 0.5) is 5.69 Å². The quantitative estimate of drug-likeness (QED) is 0.877. The van der Waals surface area contributed by atoms with Gasteiger partial charge in [0.2, 0.25) is 11.7 Å². The molecule has 1 aromatic carbocycles. The molecule has 104 valence electrons. The van der Waals surface area contributed by atoms with Crippen molar-refractivity contribution in [2.45, 2.75) is 39.5 Å². The summed E-state index contributed by atoms with van der Waals surface area (Å²) < 4.78 is 11.2. The van der Waals surface area contributed by atoms with Gasteiger partial charge in [-0.15, -0.1) is 0 Å². The van der Waals surface area contributed by atoms with E-state index < -0.39 is 11.8 Å². The van der Waals surface area contributed by atoms with Crippen LogP contribution in [-0.4, -0.2) is 17.7 Å². The molecule has 1 aliphatic heterocycles. The van der Waals surface area contributed by atoms with Gasteiger partial charge >= 0.3 is 0 Å². The van der Waals surface area contributed by atoms with Crippen LogP contribution in [0.2, 0.25) is 0 Å². The predicted molar refractivity (Wildman–Crippen MR) is 73.2 cm³/mol. The van der Waals surface area contributed by atoms with Crippen LogP contribution in [0.15, 0.2) is 18.2 Å². The molecule has 0 aromatic heterocycles. The lowest BCUT2D eigenvalue weighted by atomic mass is 10.0. The first-order valence-electron chi connectivity index (χ1n) is 6.37. The Kier molecular flexibility index (Phi) is 3.41. The van der Waals surface area contributed by atoms with E-state index in [0.717, 1.165) is 0 Å². The summed E-state index contributed by atoms with van der Waals surface area (Å²) in [4.78, 5) is 11.9. The summed E-state index contributed by atoms with van der Waals surface area (Å²) in [6.45, 7) is 7.48. The van der Waals surface area contributed by atoms with E-state index in [9.17, 15) is 4.79 Å². The summed E-state index contributed by atoms with van der Waals surface area (Å²) in [7, 11) is 0. The molecule has 0 saturated carbocycles. The molecule has 1 heterocycles. The Hall–Kier alpha value is -1.75. The van der Waals surface area contributed by atoms with Gasteiger partial charge in [0.15, 0.2) is 11.5 Å². The molecule has 0 fully saturated rings. The van der Waals surface area contributed by atoms with Crippen LogP contribution in [0.5, 0.6) is 11.5 Å². The SMILES string of the molecule is CC(C)C(N)C(=O)Nc1ccc2c(c1)OC(C)(C)O2. The topological polar surface area (TPSA) is 73.6 Å². The first-order chi connectivity index (χ1) is 8.78. The van der Waals surface area contributed by atoms with Gasteiger partial charge in [0.1, 0.15) is 0 Å². The minimum absolute atomic E-state index is 0.0907. The van der Waals surface area contributed by atoms with E-state index in [4.69, 9.17) is 15.2 Å². The van der Waals surface area contributed by atoms with E-state index in [1.165, 1.54) is 0 Å². The van der Waals surface area contributed by atoms with E-state index in [1.54, 1.807) is 18.2 Å². The van der Waals surface area contributed by atoms with Crippen LogP contribution < -0.4 is 20.5 Å². The second kappa shape index (κ2) is 4.74. The second-order valence-electron chi connectivity index (χ2n) is 5.52. The van der Waals surface area contributed by atoms with Crippen LogP contribution in [0, 0.1) is 5.92 Å². The average Bonchev–Trinajstić information content (AvgIpc) is 2.60. The molecule has 1 aromatic rings. The zero-order valence-corrected chi connectivity index (χ0v) is 11.7. The first kappa shape index (κ1) is 13.7. The second-order valence-corrected chi connectivity index (χ2v) is 5.52. The number of carbonyl (C=O) groups excluding carboxylic acids is 1. The molecule has 1 aliphatic rings. The zero-order chi connectivity index (χ0) is 14.2. The van der Waals surface area contributed by atoms with Crippen molar-refractivity contribution in [1.29, 1.82) is 0 Å². The van der Waals surface area contributed by atoms with Gasteiger partial charge in [-0.05, 0) is 18.1 Å². The Morgan fingerprint density at radius 1 is 1.26 bits per heavy atom. The van der Waals surface area contributed by atoms with Crippen LogP contribution in [0.25, 0.3) is 0 Å². The number of nitrogens with two attached hydrogens (primary N) is 1. The summed E-state index contributed by atoms with van der Waals surface area (Å²) in [6.07, 6.45) is 0. The van der Waals surface area contributed by atoms with Crippen molar-refractivity contribution in [2.24, 2.45) is 11.7 Å². The predicted octanol–water partition coefficient (Wildman–Crippen LogP) is 2.12. The van der Waals surface area contributed by atoms with Crippen LogP contribution in [-0.2, 0) is 4.79 Å². The largest absolute Gasteiger partial charge is 0.449 e. The van der Waals surface area contributed by atoms with Crippen molar-refractivity contribution in [1.82, 2.24) is 0 Å². The summed E-state index contributed by atoms with van der Waals surface area (Å²) in [5, 5.41) is 2.78. The lowest BCUT2D eigenvalue weighted by Gasteiger charge is -2.16. The number of hydrogen-bond donors (Lipinski definition) is 2. The summed E-state index contributed by atoms with van der Waals surface area (Å²) in [5.41, 5.74) is 6.45. The minimum atomic E-state index is -0.667. The molecule has 3 N–H and O–H groups in total. The minimum Gasteiger partial charge on any atom is -0.449 e. The van der Waals surface area contributed by atoms with Crippen molar-refractivity contribution in [3.05, 3.63) is 18.2 Å². The van der Waals surface area contributed by atoms with Crippen LogP contribution in [0.3, 0.4) is 0 Å². The Morgan fingerprint density at radius 3 is 2.53 bits per heavy atom. The standard InChI is InChI=1S/C14H20N2O3/c1-8(2)12(15)13(17)16-9-5-6-10-11(7-9)19-14(3,4)18-10/h5-8,12H,15H2,1-4H3,(H,16,17). The lowest BCUT2D eigenvalue weighted by molar-refractivity contribution is -0.118. The number of ether oxygens (including phenoxy) is 2. The molecule has 0 aliphatic carbocycles. The molecular weight excluding hydrogens is 244 g/mol. The average molecular weight is 264 g/mol. The van der Waals surface area contributed by atoms with Crippen LogP contribution in [0.1, 0.15) is 27.7 Å². The highest BCUT2D eigenvalue weighted by molar-refractivity contribution is 5.95. The van der Waals surface area contributed by atoms with E-state index in [1.807, 2.05) is 27.7 Å². The van der Waals surface area contributed by atoms with Crippen molar-refractivity contribution in [3.8, 4) is 11.5 Å². The maximum atomic E-state index is 11.9. The molecule has 5 nitrogen and oxygen atoms in total. The van der Waals surface area contributed by atoms with Gasteiger partial charge < -0.3 is 20.5 Å². The van der Waals surface area contributed by atoms with Crippen molar-refractivity contribution >= 4 is 11.6 Å². The normalized spacial score (nSPS) is 17.4. The molecule has 0 spiro atoms. The number of amides is 1. The third-order valence-electron chi connectivity index (χ3n) is 2.94. The van der Waals surface area contributed by atoms with E-state index in [0.29, 0.717) is 17.2 Å². The van der Waals surface area contributed by atoms with Gasteiger partial charge in [0.25, 0.3) is 0 Å². The summed E-state index contributed by atoms with van der Waals surface area (Å²) in [6, 6.07) is 4.77. The number of benzene rings is 1. The summed E-state index contributed by atoms with van der Waals surface area (Å²) in [5.74, 6) is 0.525. The zero-order valence-electron chi connectivity index (χ0n) is 11.7. The smallest absolute Gasteiger partial charge is 0.246 e. The lowest BCUT2D eigenvalue weighted by Crippen LogP contribution is -2.39. The Bertz CT molecular complexity index is 497. The molecular formula is C14H20N2O3. The molecule has 5 heteroatoms. The van der Waals surface area contributed by atoms with Gasteiger partial charge in [0, 0.05) is 25.6 Å². The first-order valence-corrected chi connectivity index (χ1v) is 6.37. The molecule has 19 heavy (non-hydrogen) atoms.